The third-order valence-corrected chi connectivity index (χ3v) is 2.28. The fraction of sp³-hybridized carbons (Fsp3) is 0.0909. The molecule has 2 aromatic carbocycles. The fourth-order valence-corrected chi connectivity index (χ4v) is 1.58. The van der Waals surface area contributed by atoms with Crippen molar-refractivity contribution in [3.63, 3.8) is 0 Å². The van der Waals surface area contributed by atoms with Crippen LogP contribution in [-0.4, -0.2) is 11.4 Å². The molecule has 0 radical (unpaired) electrons. The van der Waals surface area contributed by atoms with Gasteiger partial charge in [0.15, 0.2) is 5.82 Å². The summed E-state index contributed by atoms with van der Waals surface area (Å²) in [5.74, 6) is -2.60. The van der Waals surface area contributed by atoms with Crippen molar-refractivity contribution in [2.24, 2.45) is 0 Å². The van der Waals surface area contributed by atoms with Crippen molar-refractivity contribution >= 4 is 16.5 Å². The van der Waals surface area contributed by atoms with Gasteiger partial charge in [-0.1, -0.05) is 0 Å². The van der Waals surface area contributed by atoms with Crippen LogP contribution >= 0.6 is 0 Å². The number of anilines is 1. The van der Waals surface area contributed by atoms with Crippen molar-refractivity contribution in [3.8, 4) is 5.75 Å². The van der Waals surface area contributed by atoms with Crippen LogP contribution in [0.5, 0.6) is 5.75 Å². The molecule has 0 fully saturated rings. The van der Waals surface area contributed by atoms with E-state index in [1.165, 1.54) is 0 Å². The molecule has 0 unspecified atom stereocenters. The number of alkyl halides is 3. The number of benzene rings is 2. The molecular formula is C11H6F5NO. The SMILES string of the molecule is Oc1ccc2c(F)c(NC(F)(F)F)cc(F)c2c1. The molecule has 0 amide bonds. The van der Waals surface area contributed by atoms with Crippen LogP contribution in [0, 0.1) is 11.6 Å². The Bertz CT molecular complexity index is 608. The number of nitrogens with one attached hydrogen (secondary N) is 1. The Labute approximate surface area is 97.6 Å². The highest BCUT2D eigenvalue weighted by Gasteiger charge is 2.29. The Kier molecular flexibility index (Phi) is 2.76. The fourth-order valence-electron chi connectivity index (χ4n) is 1.58. The van der Waals surface area contributed by atoms with Gasteiger partial charge in [0.1, 0.15) is 11.6 Å². The minimum Gasteiger partial charge on any atom is -0.508 e. The molecule has 0 aliphatic rings. The van der Waals surface area contributed by atoms with Crippen LogP contribution in [0.2, 0.25) is 0 Å². The Morgan fingerprint density at radius 1 is 1.00 bits per heavy atom. The smallest absolute Gasteiger partial charge is 0.482 e. The number of phenolic OH excluding ortho intramolecular Hbond substituents is 1. The van der Waals surface area contributed by atoms with Crippen LogP contribution in [0.1, 0.15) is 0 Å². The summed E-state index contributed by atoms with van der Waals surface area (Å²) in [7, 11) is 0. The molecule has 18 heavy (non-hydrogen) atoms. The summed E-state index contributed by atoms with van der Waals surface area (Å²) in [5, 5.41) is 9.40. The topological polar surface area (TPSA) is 32.3 Å². The number of hydrogen-bond donors (Lipinski definition) is 2. The monoisotopic (exact) mass is 263 g/mol. The lowest BCUT2D eigenvalue weighted by Crippen LogP contribution is -2.21. The third-order valence-electron chi connectivity index (χ3n) is 2.28. The van der Waals surface area contributed by atoms with Crippen molar-refractivity contribution < 1.29 is 27.1 Å². The first-order chi connectivity index (χ1) is 8.28. The zero-order valence-electron chi connectivity index (χ0n) is 8.65. The van der Waals surface area contributed by atoms with E-state index < -0.39 is 23.6 Å². The molecule has 0 bridgehead atoms. The Morgan fingerprint density at radius 3 is 2.28 bits per heavy atom. The summed E-state index contributed by atoms with van der Waals surface area (Å²) in [6.07, 6.45) is -4.86. The van der Waals surface area contributed by atoms with E-state index in [0.29, 0.717) is 6.07 Å². The molecule has 2 aromatic rings. The second-order valence-electron chi connectivity index (χ2n) is 3.57. The Hall–Kier alpha value is -2.05. The van der Waals surface area contributed by atoms with Crippen molar-refractivity contribution in [2.75, 3.05) is 5.32 Å². The van der Waals surface area contributed by atoms with E-state index in [9.17, 15) is 22.0 Å². The normalized spacial score (nSPS) is 11.8. The summed E-state index contributed by atoms with van der Waals surface area (Å²) in [6.45, 7) is 0. The van der Waals surface area contributed by atoms with Gasteiger partial charge in [-0.15, -0.1) is 0 Å². The molecule has 7 heteroatoms. The standard InChI is InChI=1S/C11H6F5NO/c12-8-4-9(17-11(14,15)16)10(13)6-2-1-5(18)3-7(6)8/h1-4,17-18H. The molecule has 96 valence electrons. The second kappa shape index (κ2) is 4.01. The summed E-state index contributed by atoms with van der Waals surface area (Å²) >= 11 is 0. The van der Waals surface area contributed by atoms with Gasteiger partial charge in [0, 0.05) is 16.8 Å². The van der Waals surface area contributed by atoms with Crippen LogP contribution in [-0.2, 0) is 0 Å². The molecule has 0 saturated carbocycles. The van der Waals surface area contributed by atoms with E-state index in [-0.39, 0.29) is 16.5 Å². The molecule has 0 aliphatic heterocycles. The van der Waals surface area contributed by atoms with Crippen LogP contribution < -0.4 is 5.32 Å². The lowest BCUT2D eigenvalue weighted by Gasteiger charge is -2.12. The van der Waals surface area contributed by atoms with Gasteiger partial charge in [-0.05, 0) is 18.2 Å². The number of phenols is 1. The average molecular weight is 263 g/mol. The van der Waals surface area contributed by atoms with E-state index in [1.54, 1.807) is 0 Å². The van der Waals surface area contributed by atoms with E-state index in [2.05, 4.69) is 0 Å². The van der Waals surface area contributed by atoms with Crippen LogP contribution in [0.3, 0.4) is 0 Å². The number of rotatable bonds is 1. The largest absolute Gasteiger partial charge is 0.508 e. The quantitative estimate of drug-likeness (QED) is 0.606. The van der Waals surface area contributed by atoms with Gasteiger partial charge < -0.3 is 5.11 Å². The predicted molar refractivity (Wildman–Crippen MR) is 55.2 cm³/mol. The zero-order chi connectivity index (χ0) is 13.5. The third kappa shape index (κ3) is 2.29. The highest BCUT2D eigenvalue weighted by Crippen LogP contribution is 2.32. The second-order valence-corrected chi connectivity index (χ2v) is 3.57. The van der Waals surface area contributed by atoms with Gasteiger partial charge >= 0.3 is 6.30 Å². The van der Waals surface area contributed by atoms with E-state index in [4.69, 9.17) is 5.11 Å². The van der Waals surface area contributed by atoms with Gasteiger partial charge in [-0.3, -0.25) is 5.32 Å². The lowest BCUT2D eigenvalue weighted by molar-refractivity contribution is -0.100. The Morgan fingerprint density at radius 2 is 1.67 bits per heavy atom. The van der Waals surface area contributed by atoms with E-state index in [0.717, 1.165) is 23.5 Å². The van der Waals surface area contributed by atoms with Gasteiger partial charge in [-0.25, -0.2) is 8.78 Å². The maximum Gasteiger partial charge on any atom is 0.482 e. The molecule has 0 spiro atoms. The maximum atomic E-state index is 13.7. The van der Waals surface area contributed by atoms with Crippen molar-refractivity contribution in [1.82, 2.24) is 0 Å². The minimum absolute atomic E-state index is 0.291. The van der Waals surface area contributed by atoms with Crippen molar-refractivity contribution in [1.29, 1.82) is 0 Å². The Balaban J connectivity index is 2.65. The van der Waals surface area contributed by atoms with Crippen LogP contribution in [0.15, 0.2) is 24.3 Å². The molecule has 2 rings (SSSR count). The molecule has 0 aromatic heterocycles. The summed E-state index contributed by atoms with van der Waals surface area (Å²) in [5.41, 5.74) is -1.00. The highest BCUT2D eigenvalue weighted by molar-refractivity contribution is 5.88. The summed E-state index contributed by atoms with van der Waals surface area (Å²) in [4.78, 5) is 0. The first-order valence-corrected chi connectivity index (χ1v) is 4.73. The van der Waals surface area contributed by atoms with Gasteiger partial charge in [0.25, 0.3) is 0 Å². The molecule has 0 aliphatic carbocycles. The number of halogens is 5. The highest BCUT2D eigenvalue weighted by atomic mass is 19.4. The summed E-state index contributed by atoms with van der Waals surface area (Å²) < 4.78 is 63.4. The first kappa shape index (κ1) is 12.4. The van der Waals surface area contributed by atoms with Crippen molar-refractivity contribution in [2.45, 2.75) is 6.30 Å². The molecule has 0 heterocycles. The summed E-state index contributed by atoms with van der Waals surface area (Å²) in [6, 6.07) is 3.39. The number of fused-ring (bicyclic) bond motifs is 1. The predicted octanol–water partition coefficient (Wildman–Crippen LogP) is 3.76. The molecule has 2 N–H and O–H groups in total. The molecule has 0 saturated heterocycles. The van der Waals surface area contributed by atoms with Gasteiger partial charge in [0.2, 0.25) is 0 Å². The lowest BCUT2D eigenvalue weighted by atomic mass is 10.1. The molecule has 0 atom stereocenters. The number of hydrogen-bond acceptors (Lipinski definition) is 2. The van der Waals surface area contributed by atoms with Gasteiger partial charge in [0.05, 0.1) is 5.69 Å². The van der Waals surface area contributed by atoms with E-state index in [1.807, 2.05) is 0 Å². The van der Waals surface area contributed by atoms with Crippen molar-refractivity contribution in [3.05, 3.63) is 35.9 Å². The molecular weight excluding hydrogens is 257 g/mol. The van der Waals surface area contributed by atoms with E-state index >= 15 is 0 Å². The maximum absolute atomic E-state index is 13.7. The average Bonchev–Trinajstić information content (AvgIpc) is 2.23. The molecule has 2 nitrogen and oxygen atoms in total. The zero-order valence-corrected chi connectivity index (χ0v) is 8.65. The van der Waals surface area contributed by atoms with Crippen LogP contribution in [0.25, 0.3) is 10.8 Å². The van der Waals surface area contributed by atoms with Crippen LogP contribution in [0.4, 0.5) is 27.6 Å². The van der Waals surface area contributed by atoms with Gasteiger partial charge in [-0.2, -0.15) is 13.2 Å². The number of aromatic hydroxyl groups is 1. The minimum atomic E-state index is -4.86. The first-order valence-electron chi connectivity index (χ1n) is 4.73.